The number of nitrogens with one attached hydrogen (secondary N) is 2. The van der Waals surface area contributed by atoms with Crippen molar-refractivity contribution in [2.75, 3.05) is 0 Å². The minimum atomic E-state index is -4.26. The van der Waals surface area contributed by atoms with Crippen LogP contribution in [0.4, 0.5) is 13.2 Å². The lowest BCUT2D eigenvalue weighted by atomic mass is 10.1. The molecule has 0 bridgehead atoms. The van der Waals surface area contributed by atoms with E-state index in [9.17, 15) is 26.4 Å². The first kappa shape index (κ1) is 16.9. The molecule has 2 aromatic rings. The van der Waals surface area contributed by atoms with E-state index in [2.05, 4.69) is 15.4 Å². The zero-order valence-corrected chi connectivity index (χ0v) is 12.3. The maximum absolute atomic E-state index is 12.1. The Hall–Kier alpha value is -2.43. The number of nitrogens with zero attached hydrogens (tertiary/aromatic N) is 2. The first-order chi connectivity index (χ1) is 10.7. The quantitative estimate of drug-likeness (QED) is 0.850. The van der Waals surface area contributed by atoms with Gasteiger partial charge in [0.15, 0.2) is 0 Å². The van der Waals surface area contributed by atoms with Crippen LogP contribution in [0, 0.1) is 0 Å². The summed E-state index contributed by atoms with van der Waals surface area (Å²) < 4.78 is 61.7. The molecule has 0 spiro atoms. The molecule has 0 saturated heterocycles. The van der Waals surface area contributed by atoms with E-state index in [1.165, 1.54) is 24.3 Å². The standard InChI is InChI=1S/C12H11F3N4O3S/c13-12(14,15)6-5-8-1-3-9(4-2-8)11(20)18-23(21,22)10-7-16-19-17-10/h1-4,7H,5-6H2,(H,18,20)(H,16,17,19). The summed E-state index contributed by atoms with van der Waals surface area (Å²) in [7, 11) is -4.16. The van der Waals surface area contributed by atoms with Gasteiger partial charge in [0.05, 0.1) is 6.20 Å². The van der Waals surface area contributed by atoms with Gasteiger partial charge in [0.1, 0.15) is 0 Å². The van der Waals surface area contributed by atoms with Gasteiger partial charge >= 0.3 is 6.18 Å². The largest absolute Gasteiger partial charge is 0.389 e. The van der Waals surface area contributed by atoms with Crippen molar-refractivity contribution in [1.82, 2.24) is 20.1 Å². The number of rotatable bonds is 5. The number of amides is 1. The smallest absolute Gasteiger partial charge is 0.268 e. The molecule has 2 N–H and O–H groups in total. The number of hydrogen-bond donors (Lipinski definition) is 2. The van der Waals surface area contributed by atoms with Crippen LogP contribution >= 0.6 is 0 Å². The van der Waals surface area contributed by atoms with Crippen LogP contribution in [-0.4, -0.2) is 35.9 Å². The van der Waals surface area contributed by atoms with Crippen molar-refractivity contribution in [2.24, 2.45) is 0 Å². The van der Waals surface area contributed by atoms with Crippen molar-refractivity contribution in [2.45, 2.75) is 24.0 Å². The van der Waals surface area contributed by atoms with E-state index in [-0.39, 0.29) is 12.0 Å². The molecular weight excluding hydrogens is 337 g/mol. The molecule has 23 heavy (non-hydrogen) atoms. The fourth-order valence-electron chi connectivity index (χ4n) is 1.66. The predicted octanol–water partition coefficient (Wildman–Crippen LogP) is 1.42. The summed E-state index contributed by atoms with van der Waals surface area (Å²) in [5, 5.41) is 8.32. The highest BCUT2D eigenvalue weighted by atomic mass is 32.2. The summed E-state index contributed by atoms with van der Waals surface area (Å²) >= 11 is 0. The molecule has 0 saturated carbocycles. The maximum atomic E-state index is 12.1. The number of hydrogen-bond acceptors (Lipinski definition) is 5. The Kier molecular flexibility index (Phi) is 4.68. The third-order valence-corrected chi connectivity index (χ3v) is 4.01. The molecule has 2 rings (SSSR count). The van der Waals surface area contributed by atoms with Gasteiger partial charge in [-0.05, 0) is 24.1 Å². The summed E-state index contributed by atoms with van der Waals surface area (Å²) in [5.41, 5.74) is 0.381. The second kappa shape index (κ2) is 6.36. The summed E-state index contributed by atoms with van der Waals surface area (Å²) in [4.78, 5) is 11.9. The fraction of sp³-hybridized carbons (Fsp3) is 0.250. The van der Waals surface area contributed by atoms with Crippen molar-refractivity contribution < 1.29 is 26.4 Å². The molecule has 7 nitrogen and oxygen atoms in total. The number of alkyl halides is 3. The fourth-order valence-corrected chi connectivity index (χ4v) is 2.48. The van der Waals surface area contributed by atoms with Gasteiger partial charge in [0.25, 0.3) is 15.9 Å². The molecule has 0 aliphatic heterocycles. The molecule has 1 aromatic heterocycles. The third kappa shape index (κ3) is 4.77. The SMILES string of the molecule is O=C(NS(=O)(=O)c1cn[nH]n1)c1ccc(CCC(F)(F)F)cc1. The van der Waals surface area contributed by atoms with E-state index in [0.717, 1.165) is 6.20 Å². The Morgan fingerprint density at radius 1 is 1.22 bits per heavy atom. The number of H-pyrrole nitrogens is 1. The van der Waals surface area contributed by atoms with Crippen molar-refractivity contribution in [1.29, 1.82) is 0 Å². The Labute approximate surface area is 129 Å². The minimum absolute atomic E-state index is 0.00664. The lowest BCUT2D eigenvalue weighted by molar-refractivity contribution is -0.134. The number of carbonyl (C=O) groups excluding carboxylic acids is 1. The number of aromatic amines is 1. The number of aryl methyl sites for hydroxylation is 1. The molecule has 1 heterocycles. The minimum Gasteiger partial charge on any atom is -0.268 e. The van der Waals surface area contributed by atoms with Crippen molar-refractivity contribution in [3.63, 3.8) is 0 Å². The van der Waals surface area contributed by atoms with Gasteiger partial charge in [0, 0.05) is 12.0 Å². The molecule has 0 radical (unpaired) electrons. The van der Waals surface area contributed by atoms with Crippen LogP contribution in [-0.2, 0) is 16.4 Å². The van der Waals surface area contributed by atoms with E-state index in [4.69, 9.17) is 0 Å². The first-order valence-electron chi connectivity index (χ1n) is 6.26. The second-order valence-corrected chi connectivity index (χ2v) is 6.18. The normalized spacial score (nSPS) is 12.1. The Morgan fingerprint density at radius 3 is 2.39 bits per heavy atom. The Balaban J connectivity index is 2.03. The lowest BCUT2D eigenvalue weighted by Gasteiger charge is -2.07. The monoisotopic (exact) mass is 348 g/mol. The highest BCUT2D eigenvalue weighted by Crippen LogP contribution is 2.22. The van der Waals surface area contributed by atoms with Crippen LogP contribution < -0.4 is 4.72 Å². The second-order valence-electron chi connectivity index (χ2n) is 4.55. The molecule has 1 aromatic carbocycles. The average Bonchev–Trinajstić information content (AvgIpc) is 2.99. The van der Waals surface area contributed by atoms with Crippen LogP contribution in [0.15, 0.2) is 35.5 Å². The van der Waals surface area contributed by atoms with E-state index >= 15 is 0 Å². The first-order valence-corrected chi connectivity index (χ1v) is 7.74. The van der Waals surface area contributed by atoms with E-state index < -0.39 is 33.6 Å². The maximum Gasteiger partial charge on any atom is 0.389 e. The number of sulfonamides is 1. The molecule has 0 fully saturated rings. The molecule has 124 valence electrons. The van der Waals surface area contributed by atoms with Crippen LogP contribution in [0.25, 0.3) is 0 Å². The average molecular weight is 348 g/mol. The van der Waals surface area contributed by atoms with Gasteiger partial charge in [-0.25, -0.2) is 4.72 Å². The molecular formula is C12H11F3N4O3S. The number of halogens is 3. The highest BCUT2D eigenvalue weighted by molar-refractivity contribution is 7.90. The van der Waals surface area contributed by atoms with Crippen LogP contribution in [0.3, 0.4) is 0 Å². The predicted molar refractivity (Wildman–Crippen MR) is 71.9 cm³/mol. The lowest BCUT2D eigenvalue weighted by Crippen LogP contribution is -2.30. The molecule has 0 aliphatic carbocycles. The number of carbonyl (C=O) groups is 1. The molecule has 1 amide bonds. The summed E-state index contributed by atoms with van der Waals surface area (Å²) in [6.45, 7) is 0. The van der Waals surface area contributed by atoms with Crippen molar-refractivity contribution in [3.05, 3.63) is 41.6 Å². The third-order valence-electron chi connectivity index (χ3n) is 2.81. The molecule has 0 atom stereocenters. The van der Waals surface area contributed by atoms with Crippen molar-refractivity contribution >= 4 is 15.9 Å². The number of aromatic nitrogens is 3. The van der Waals surface area contributed by atoms with E-state index in [0.29, 0.717) is 5.56 Å². The van der Waals surface area contributed by atoms with Crippen LogP contribution in [0.1, 0.15) is 22.3 Å². The molecule has 0 aliphatic rings. The Bertz CT molecular complexity index is 771. The van der Waals surface area contributed by atoms with Gasteiger partial charge < -0.3 is 0 Å². The number of benzene rings is 1. The molecule has 0 unspecified atom stereocenters. The van der Waals surface area contributed by atoms with Gasteiger partial charge in [-0.1, -0.05) is 12.1 Å². The van der Waals surface area contributed by atoms with Crippen LogP contribution in [0.5, 0.6) is 0 Å². The Morgan fingerprint density at radius 2 is 1.87 bits per heavy atom. The molecule has 11 heteroatoms. The van der Waals surface area contributed by atoms with Gasteiger partial charge in [-0.2, -0.15) is 31.9 Å². The summed E-state index contributed by atoms with van der Waals surface area (Å²) in [6, 6.07) is 5.17. The topological polar surface area (TPSA) is 105 Å². The van der Waals surface area contributed by atoms with Gasteiger partial charge in [0.2, 0.25) is 5.03 Å². The van der Waals surface area contributed by atoms with Gasteiger partial charge in [-0.3, -0.25) is 4.79 Å². The van der Waals surface area contributed by atoms with E-state index in [1.54, 1.807) is 4.72 Å². The summed E-state index contributed by atoms with van der Waals surface area (Å²) in [6.07, 6.45) is -4.53. The van der Waals surface area contributed by atoms with Gasteiger partial charge in [-0.15, -0.1) is 5.10 Å². The van der Waals surface area contributed by atoms with E-state index in [1.807, 2.05) is 0 Å². The highest BCUT2D eigenvalue weighted by Gasteiger charge is 2.26. The zero-order valence-electron chi connectivity index (χ0n) is 11.5. The van der Waals surface area contributed by atoms with Crippen LogP contribution in [0.2, 0.25) is 0 Å². The zero-order chi connectivity index (χ0) is 17.1. The van der Waals surface area contributed by atoms with Crippen molar-refractivity contribution in [3.8, 4) is 0 Å². The summed E-state index contributed by atoms with van der Waals surface area (Å²) in [5.74, 6) is -0.921.